The molecule has 3 heteroatoms. The molecule has 3 nitrogen and oxygen atoms in total. The third-order valence-electron chi connectivity index (χ3n) is 1.33. The van der Waals surface area contributed by atoms with E-state index in [4.69, 9.17) is 9.15 Å². The van der Waals surface area contributed by atoms with Crippen molar-refractivity contribution in [3.05, 3.63) is 30.2 Å². The summed E-state index contributed by atoms with van der Waals surface area (Å²) in [5.41, 5.74) is 0.423. The van der Waals surface area contributed by atoms with E-state index in [1.807, 2.05) is 0 Å². The highest BCUT2D eigenvalue weighted by molar-refractivity contribution is 5.89. The maximum atomic E-state index is 11.1. The van der Waals surface area contributed by atoms with Gasteiger partial charge in [0.05, 0.1) is 12.2 Å². The molecule has 0 saturated heterocycles. The lowest BCUT2D eigenvalue weighted by molar-refractivity contribution is 0.0525. The van der Waals surface area contributed by atoms with Crippen molar-refractivity contribution in [2.45, 2.75) is 6.92 Å². The Kier molecular flexibility index (Phi) is 2.69. The lowest BCUT2D eigenvalue weighted by atomic mass is 10.3. The van der Waals surface area contributed by atoms with Gasteiger partial charge in [-0.1, -0.05) is 6.58 Å². The van der Waals surface area contributed by atoms with Crippen LogP contribution in [0.2, 0.25) is 0 Å². The average molecular weight is 166 g/mol. The first kappa shape index (κ1) is 8.59. The molecule has 1 aromatic rings. The van der Waals surface area contributed by atoms with E-state index in [2.05, 4.69) is 6.58 Å². The summed E-state index contributed by atoms with van der Waals surface area (Å²) in [5, 5.41) is 0. The topological polar surface area (TPSA) is 39.4 Å². The quantitative estimate of drug-likeness (QED) is 0.645. The van der Waals surface area contributed by atoms with Crippen LogP contribution in [0, 0.1) is 0 Å². The Hall–Kier alpha value is -1.51. The molecule has 0 bridgehead atoms. The number of furan rings is 1. The fraction of sp³-hybridized carbons (Fsp3) is 0.222. The second-order valence-corrected chi connectivity index (χ2v) is 2.16. The first-order valence-corrected chi connectivity index (χ1v) is 3.66. The second kappa shape index (κ2) is 3.76. The van der Waals surface area contributed by atoms with E-state index in [-0.39, 0.29) is 5.97 Å². The molecule has 0 aromatic carbocycles. The predicted octanol–water partition coefficient (Wildman–Crippen LogP) is 2.10. The van der Waals surface area contributed by atoms with Crippen molar-refractivity contribution in [3.8, 4) is 0 Å². The van der Waals surface area contributed by atoms with Crippen molar-refractivity contribution in [3.63, 3.8) is 0 Å². The van der Waals surface area contributed by atoms with Crippen LogP contribution in [0.5, 0.6) is 0 Å². The van der Waals surface area contributed by atoms with Gasteiger partial charge in [0.15, 0.2) is 0 Å². The predicted molar refractivity (Wildman–Crippen MR) is 44.8 cm³/mol. The number of rotatable bonds is 3. The summed E-state index contributed by atoms with van der Waals surface area (Å²) in [6.07, 6.45) is 2.89. The molecule has 0 saturated carbocycles. The molecule has 0 atom stereocenters. The summed E-state index contributed by atoms with van der Waals surface area (Å²) >= 11 is 0. The molecular weight excluding hydrogens is 156 g/mol. The van der Waals surface area contributed by atoms with Gasteiger partial charge in [-0.3, -0.25) is 0 Å². The monoisotopic (exact) mass is 166 g/mol. The fourth-order valence-corrected chi connectivity index (χ4v) is 0.781. The highest BCUT2D eigenvalue weighted by atomic mass is 16.5. The Morgan fingerprint density at radius 1 is 1.83 bits per heavy atom. The number of hydrogen-bond donors (Lipinski definition) is 0. The van der Waals surface area contributed by atoms with Gasteiger partial charge in [0.1, 0.15) is 12.0 Å². The maximum absolute atomic E-state index is 11.1. The molecule has 0 amide bonds. The van der Waals surface area contributed by atoms with E-state index < -0.39 is 0 Å². The van der Waals surface area contributed by atoms with Crippen molar-refractivity contribution in [1.82, 2.24) is 0 Å². The summed E-state index contributed by atoms with van der Waals surface area (Å²) in [6.45, 7) is 5.63. The molecular formula is C9H10O3. The van der Waals surface area contributed by atoms with E-state index in [9.17, 15) is 4.79 Å². The third kappa shape index (κ3) is 1.75. The van der Waals surface area contributed by atoms with Gasteiger partial charge in [-0.05, 0) is 19.1 Å². The Bertz CT molecular complexity index is 286. The Morgan fingerprint density at radius 2 is 2.58 bits per heavy atom. The van der Waals surface area contributed by atoms with Crippen LogP contribution in [-0.2, 0) is 4.74 Å². The summed E-state index contributed by atoms with van der Waals surface area (Å²) in [7, 11) is 0. The van der Waals surface area contributed by atoms with Crippen LogP contribution in [0.1, 0.15) is 23.0 Å². The molecule has 1 heterocycles. The minimum atomic E-state index is -0.366. The van der Waals surface area contributed by atoms with Crippen molar-refractivity contribution in [1.29, 1.82) is 0 Å². The lowest BCUT2D eigenvalue weighted by Crippen LogP contribution is -2.02. The van der Waals surface area contributed by atoms with Gasteiger partial charge in [-0.2, -0.15) is 0 Å². The van der Waals surface area contributed by atoms with Crippen LogP contribution in [-0.4, -0.2) is 12.6 Å². The zero-order valence-corrected chi connectivity index (χ0v) is 6.87. The van der Waals surface area contributed by atoms with Crippen LogP contribution < -0.4 is 0 Å². The smallest absolute Gasteiger partial charge is 0.341 e. The molecule has 12 heavy (non-hydrogen) atoms. The van der Waals surface area contributed by atoms with Gasteiger partial charge < -0.3 is 9.15 Å². The van der Waals surface area contributed by atoms with E-state index in [1.165, 1.54) is 12.3 Å². The van der Waals surface area contributed by atoms with Gasteiger partial charge in [-0.15, -0.1) is 0 Å². The summed E-state index contributed by atoms with van der Waals surface area (Å²) < 4.78 is 9.71. The van der Waals surface area contributed by atoms with Crippen LogP contribution in [0.4, 0.5) is 0 Å². The first-order valence-electron chi connectivity index (χ1n) is 3.66. The molecule has 0 aliphatic rings. The number of carbonyl (C=O) groups excluding carboxylic acids is 1. The largest absolute Gasteiger partial charge is 0.464 e. The van der Waals surface area contributed by atoms with E-state index >= 15 is 0 Å². The van der Waals surface area contributed by atoms with Gasteiger partial charge in [0.2, 0.25) is 0 Å². The van der Waals surface area contributed by atoms with E-state index in [0.717, 1.165) is 0 Å². The highest BCUT2D eigenvalue weighted by Crippen LogP contribution is 2.09. The molecule has 0 N–H and O–H groups in total. The zero-order valence-electron chi connectivity index (χ0n) is 6.87. The summed E-state index contributed by atoms with van der Waals surface area (Å²) in [4.78, 5) is 11.1. The number of hydrogen-bond acceptors (Lipinski definition) is 3. The van der Waals surface area contributed by atoms with Crippen molar-refractivity contribution in [2.24, 2.45) is 0 Å². The zero-order chi connectivity index (χ0) is 8.97. The number of esters is 1. The van der Waals surface area contributed by atoms with Crippen LogP contribution >= 0.6 is 0 Å². The van der Waals surface area contributed by atoms with Gasteiger partial charge in [0.25, 0.3) is 0 Å². The van der Waals surface area contributed by atoms with Crippen molar-refractivity contribution >= 4 is 12.0 Å². The summed E-state index contributed by atoms with van der Waals surface area (Å²) in [6, 6.07) is 1.59. The van der Waals surface area contributed by atoms with Crippen LogP contribution in [0.3, 0.4) is 0 Å². The summed E-state index contributed by atoms with van der Waals surface area (Å²) in [5.74, 6) is 0.201. The molecule has 0 aliphatic heterocycles. The molecule has 0 fully saturated rings. The number of ether oxygens (including phenoxy) is 1. The fourth-order valence-electron chi connectivity index (χ4n) is 0.781. The SMILES string of the molecule is C=Cc1cc(C(=O)OCC)co1. The first-order chi connectivity index (χ1) is 5.77. The maximum Gasteiger partial charge on any atom is 0.341 e. The molecule has 1 rings (SSSR count). The molecule has 0 radical (unpaired) electrons. The van der Waals surface area contributed by atoms with Crippen molar-refractivity contribution < 1.29 is 13.9 Å². The van der Waals surface area contributed by atoms with E-state index in [0.29, 0.717) is 17.9 Å². The minimum Gasteiger partial charge on any atom is -0.464 e. The molecule has 64 valence electrons. The standard InChI is InChI=1S/C9H10O3/c1-3-8-5-7(6-12-8)9(10)11-4-2/h3,5-6H,1,4H2,2H3. The van der Waals surface area contributed by atoms with Gasteiger partial charge >= 0.3 is 5.97 Å². The van der Waals surface area contributed by atoms with Crippen LogP contribution in [0.15, 0.2) is 23.3 Å². The third-order valence-corrected chi connectivity index (χ3v) is 1.33. The molecule has 0 unspecified atom stereocenters. The minimum absolute atomic E-state index is 0.366. The van der Waals surface area contributed by atoms with Gasteiger partial charge in [-0.25, -0.2) is 4.79 Å². The lowest BCUT2D eigenvalue weighted by Gasteiger charge is -1.95. The Balaban J connectivity index is 2.74. The Morgan fingerprint density at radius 3 is 3.08 bits per heavy atom. The second-order valence-electron chi connectivity index (χ2n) is 2.16. The molecule has 0 spiro atoms. The van der Waals surface area contributed by atoms with Gasteiger partial charge in [0, 0.05) is 0 Å². The molecule has 0 aliphatic carbocycles. The highest BCUT2D eigenvalue weighted by Gasteiger charge is 2.08. The Labute approximate surface area is 70.6 Å². The van der Waals surface area contributed by atoms with Crippen molar-refractivity contribution in [2.75, 3.05) is 6.61 Å². The normalized spacial score (nSPS) is 9.42. The average Bonchev–Trinajstić information content (AvgIpc) is 2.52. The molecule has 1 aromatic heterocycles. The van der Waals surface area contributed by atoms with Crippen LogP contribution in [0.25, 0.3) is 6.08 Å². The van der Waals surface area contributed by atoms with E-state index in [1.54, 1.807) is 13.0 Å². The number of carbonyl (C=O) groups is 1.